The van der Waals surface area contributed by atoms with Gasteiger partial charge in [-0.2, -0.15) is 0 Å². The average molecular weight is 368 g/mol. The van der Waals surface area contributed by atoms with E-state index in [1.807, 2.05) is 11.8 Å². The summed E-state index contributed by atoms with van der Waals surface area (Å²) in [7, 11) is -3.13. The first-order valence-electron chi connectivity index (χ1n) is 8.44. The number of rotatable bonds is 5. The van der Waals surface area contributed by atoms with Gasteiger partial charge in [0.15, 0.2) is 0 Å². The molecule has 2 heterocycles. The maximum atomic E-state index is 12.6. The molecule has 23 heavy (non-hydrogen) atoms. The minimum absolute atomic E-state index is 0. The van der Waals surface area contributed by atoms with Crippen LogP contribution in [-0.4, -0.2) is 68.0 Å². The van der Waals surface area contributed by atoms with Gasteiger partial charge in [0, 0.05) is 44.7 Å². The van der Waals surface area contributed by atoms with E-state index in [4.69, 9.17) is 0 Å². The molecule has 0 aromatic heterocycles. The average Bonchev–Trinajstić information content (AvgIpc) is 2.53. The predicted molar refractivity (Wildman–Crippen MR) is 94.3 cm³/mol. The summed E-state index contributed by atoms with van der Waals surface area (Å²) in [4.78, 5) is 14.6. The van der Waals surface area contributed by atoms with Crippen molar-refractivity contribution in [2.45, 2.75) is 45.6 Å². The van der Waals surface area contributed by atoms with Gasteiger partial charge in [-0.25, -0.2) is 12.7 Å². The molecule has 8 heteroatoms. The van der Waals surface area contributed by atoms with E-state index in [1.165, 1.54) is 0 Å². The van der Waals surface area contributed by atoms with Crippen LogP contribution in [0, 0.1) is 5.92 Å². The van der Waals surface area contributed by atoms with Crippen molar-refractivity contribution < 1.29 is 13.2 Å². The molecule has 0 spiro atoms. The Hall–Kier alpha value is -0.370. The zero-order valence-electron chi connectivity index (χ0n) is 14.2. The minimum atomic E-state index is -3.13. The number of carbonyl (C=O) groups excluding carboxylic acids is 1. The monoisotopic (exact) mass is 367 g/mol. The SMILES string of the molecule is CCCCS(=O)(=O)N1CCC(C(=O)N2CCNCC2C)CC1.Cl. The summed E-state index contributed by atoms with van der Waals surface area (Å²) in [6, 6.07) is 0.229. The van der Waals surface area contributed by atoms with Crippen LogP contribution in [0.15, 0.2) is 0 Å². The number of piperazine rings is 1. The normalized spacial score (nSPS) is 24.3. The maximum absolute atomic E-state index is 12.6. The second-order valence-corrected chi connectivity index (χ2v) is 8.52. The molecule has 2 fully saturated rings. The van der Waals surface area contributed by atoms with Crippen molar-refractivity contribution >= 4 is 28.3 Å². The molecule has 2 aliphatic heterocycles. The zero-order valence-corrected chi connectivity index (χ0v) is 15.8. The lowest BCUT2D eigenvalue weighted by molar-refractivity contribution is -0.139. The first kappa shape index (κ1) is 20.7. The molecule has 2 aliphatic rings. The smallest absolute Gasteiger partial charge is 0.226 e. The van der Waals surface area contributed by atoms with Crippen molar-refractivity contribution in [1.82, 2.24) is 14.5 Å². The number of carbonyl (C=O) groups is 1. The van der Waals surface area contributed by atoms with Crippen LogP contribution in [0.5, 0.6) is 0 Å². The molecule has 0 aliphatic carbocycles. The lowest BCUT2D eigenvalue weighted by atomic mass is 9.95. The lowest BCUT2D eigenvalue weighted by Crippen LogP contribution is -2.55. The van der Waals surface area contributed by atoms with Gasteiger partial charge in [0.25, 0.3) is 0 Å². The molecule has 2 saturated heterocycles. The molecule has 1 unspecified atom stereocenters. The summed E-state index contributed by atoms with van der Waals surface area (Å²) in [5.41, 5.74) is 0. The van der Waals surface area contributed by atoms with Crippen LogP contribution in [0.3, 0.4) is 0 Å². The number of unbranched alkanes of at least 4 members (excludes halogenated alkanes) is 1. The van der Waals surface area contributed by atoms with Gasteiger partial charge in [0.05, 0.1) is 5.75 Å². The molecule has 1 atom stereocenters. The van der Waals surface area contributed by atoms with E-state index in [-0.39, 0.29) is 36.0 Å². The maximum Gasteiger partial charge on any atom is 0.226 e. The Balaban J connectivity index is 0.00000264. The van der Waals surface area contributed by atoms with Gasteiger partial charge in [-0.15, -0.1) is 12.4 Å². The van der Waals surface area contributed by atoms with Crippen LogP contribution in [0.25, 0.3) is 0 Å². The highest BCUT2D eigenvalue weighted by Gasteiger charge is 2.34. The van der Waals surface area contributed by atoms with Crippen LogP contribution >= 0.6 is 12.4 Å². The zero-order chi connectivity index (χ0) is 16.2. The molecule has 136 valence electrons. The molecule has 0 radical (unpaired) electrons. The van der Waals surface area contributed by atoms with Crippen molar-refractivity contribution in [1.29, 1.82) is 0 Å². The van der Waals surface area contributed by atoms with E-state index < -0.39 is 10.0 Å². The Morgan fingerprint density at radius 2 is 1.87 bits per heavy atom. The Bertz CT molecular complexity index is 478. The molecular weight excluding hydrogens is 338 g/mol. The van der Waals surface area contributed by atoms with Crippen LogP contribution in [0.1, 0.15) is 39.5 Å². The number of halogens is 1. The number of hydrogen-bond acceptors (Lipinski definition) is 4. The molecule has 0 saturated carbocycles. The van der Waals surface area contributed by atoms with E-state index in [9.17, 15) is 13.2 Å². The highest BCUT2D eigenvalue weighted by atomic mass is 35.5. The van der Waals surface area contributed by atoms with Crippen LogP contribution in [0.4, 0.5) is 0 Å². The topological polar surface area (TPSA) is 69.7 Å². The first-order chi connectivity index (χ1) is 10.5. The van der Waals surface area contributed by atoms with Gasteiger partial charge in [0.1, 0.15) is 0 Å². The van der Waals surface area contributed by atoms with E-state index >= 15 is 0 Å². The van der Waals surface area contributed by atoms with Crippen molar-refractivity contribution in [3.05, 3.63) is 0 Å². The minimum Gasteiger partial charge on any atom is -0.337 e. The van der Waals surface area contributed by atoms with E-state index in [2.05, 4.69) is 12.2 Å². The van der Waals surface area contributed by atoms with Crippen LogP contribution < -0.4 is 5.32 Å². The first-order valence-corrected chi connectivity index (χ1v) is 10.1. The summed E-state index contributed by atoms with van der Waals surface area (Å²) >= 11 is 0. The molecule has 1 N–H and O–H groups in total. The van der Waals surface area contributed by atoms with Crippen molar-refractivity contribution in [2.75, 3.05) is 38.5 Å². The van der Waals surface area contributed by atoms with Gasteiger partial charge in [-0.1, -0.05) is 13.3 Å². The number of sulfonamides is 1. The van der Waals surface area contributed by atoms with Crippen molar-refractivity contribution in [3.63, 3.8) is 0 Å². The Morgan fingerprint density at radius 1 is 1.22 bits per heavy atom. The number of nitrogens with one attached hydrogen (secondary N) is 1. The summed E-state index contributed by atoms with van der Waals surface area (Å²) in [6.45, 7) is 7.49. The standard InChI is InChI=1S/C15H29N3O3S.ClH/c1-3-4-11-22(20,21)17-8-5-14(6-9-17)15(19)18-10-7-16-12-13(18)2;/h13-14,16H,3-12H2,1-2H3;1H. The Morgan fingerprint density at radius 3 is 2.43 bits per heavy atom. The molecular formula is C15H30ClN3O3S. The second kappa shape index (κ2) is 9.20. The summed E-state index contributed by atoms with van der Waals surface area (Å²) in [5, 5.41) is 3.29. The lowest BCUT2D eigenvalue weighted by Gasteiger charge is -2.38. The van der Waals surface area contributed by atoms with Gasteiger partial charge in [0.2, 0.25) is 15.9 Å². The Labute approximate surface area is 146 Å². The van der Waals surface area contributed by atoms with E-state index in [0.29, 0.717) is 32.4 Å². The molecule has 2 rings (SSSR count). The van der Waals surface area contributed by atoms with Gasteiger partial charge in [-0.3, -0.25) is 4.79 Å². The molecule has 6 nitrogen and oxygen atoms in total. The quantitative estimate of drug-likeness (QED) is 0.789. The van der Waals surface area contributed by atoms with E-state index in [0.717, 1.165) is 26.1 Å². The van der Waals surface area contributed by atoms with Gasteiger partial charge >= 0.3 is 0 Å². The number of nitrogens with zero attached hydrogens (tertiary/aromatic N) is 2. The third-order valence-corrected chi connectivity index (χ3v) is 6.69. The molecule has 0 aromatic rings. The largest absolute Gasteiger partial charge is 0.337 e. The van der Waals surface area contributed by atoms with Crippen molar-refractivity contribution in [3.8, 4) is 0 Å². The van der Waals surface area contributed by atoms with Crippen LogP contribution in [-0.2, 0) is 14.8 Å². The highest BCUT2D eigenvalue weighted by molar-refractivity contribution is 7.89. The number of piperidine rings is 1. The second-order valence-electron chi connectivity index (χ2n) is 6.43. The Kier molecular flexibility index (Phi) is 8.27. The fraction of sp³-hybridized carbons (Fsp3) is 0.933. The fourth-order valence-corrected chi connectivity index (χ4v) is 4.92. The molecule has 0 bridgehead atoms. The third kappa shape index (κ3) is 5.31. The number of hydrogen-bond donors (Lipinski definition) is 1. The van der Waals surface area contributed by atoms with Crippen LogP contribution in [0.2, 0.25) is 0 Å². The summed E-state index contributed by atoms with van der Waals surface area (Å²) in [6.07, 6.45) is 2.90. The third-order valence-electron chi connectivity index (χ3n) is 4.74. The molecule has 0 aromatic carbocycles. The molecule has 1 amide bonds. The summed E-state index contributed by atoms with van der Waals surface area (Å²) in [5.74, 6) is 0.425. The summed E-state index contributed by atoms with van der Waals surface area (Å²) < 4.78 is 26.0. The fourth-order valence-electron chi connectivity index (χ4n) is 3.24. The highest BCUT2D eigenvalue weighted by Crippen LogP contribution is 2.23. The number of amides is 1. The van der Waals surface area contributed by atoms with Crippen molar-refractivity contribution in [2.24, 2.45) is 5.92 Å². The van der Waals surface area contributed by atoms with Gasteiger partial charge in [-0.05, 0) is 26.2 Å². The van der Waals surface area contributed by atoms with Gasteiger partial charge < -0.3 is 10.2 Å². The predicted octanol–water partition coefficient (Wildman–Crippen LogP) is 1.07. The van der Waals surface area contributed by atoms with E-state index in [1.54, 1.807) is 4.31 Å².